The lowest BCUT2D eigenvalue weighted by Crippen LogP contribution is -2.42. The average Bonchev–Trinajstić information content (AvgIpc) is 2.86. The second-order valence-corrected chi connectivity index (χ2v) is 7.02. The van der Waals surface area contributed by atoms with Crippen molar-refractivity contribution in [3.05, 3.63) is 34.7 Å². The molecule has 7 heteroatoms. The molecular weight excluding hydrogens is 342 g/mol. The Morgan fingerprint density at radius 2 is 1.84 bits per heavy atom. The summed E-state index contributed by atoms with van der Waals surface area (Å²) in [6.07, 6.45) is 1.63. The van der Waals surface area contributed by atoms with Crippen molar-refractivity contribution in [3.8, 4) is 5.75 Å². The van der Waals surface area contributed by atoms with Gasteiger partial charge in [0.15, 0.2) is 0 Å². The van der Waals surface area contributed by atoms with Gasteiger partial charge >= 0.3 is 5.97 Å². The van der Waals surface area contributed by atoms with Gasteiger partial charge in [0, 0.05) is 0 Å². The number of methoxy groups -OCH3 is 1. The second-order valence-electron chi connectivity index (χ2n) is 6.02. The van der Waals surface area contributed by atoms with Crippen molar-refractivity contribution in [2.45, 2.75) is 26.8 Å². The largest absolute Gasteiger partial charge is 0.493 e. The van der Waals surface area contributed by atoms with Gasteiger partial charge in [0.05, 0.1) is 18.6 Å². The van der Waals surface area contributed by atoms with Crippen molar-refractivity contribution < 1.29 is 23.9 Å². The monoisotopic (exact) mass is 363 g/mol. The topological polar surface area (TPSA) is 72.9 Å². The maximum atomic E-state index is 12.4. The molecule has 0 bridgehead atoms. The van der Waals surface area contributed by atoms with Crippen LogP contribution in [0.2, 0.25) is 0 Å². The molecule has 0 saturated carbocycles. The van der Waals surface area contributed by atoms with E-state index in [0.717, 1.165) is 28.0 Å². The first kappa shape index (κ1) is 19.1. The van der Waals surface area contributed by atoms with Gasteiger partial charge < -0.3 is 9.47 Å². The van der Waals surface area contributed by atoms with Crippen LogP contribution in [0.25, 0.3) is 6.08 Å². The van der Waals surface area contributed by atoms with E-state index in [4.69, 9.17) is 4.74 Å². The molecular formula is C18H21NO5S. The van der Waals surface area contributed by atoms with Crippen LogP contribution >= 0.6 is 11.8 Å². The number of rotatable bonds is 6. The molecule has 2 amide bonds. The van der Waals surface area contributed by atoms with Crippen molar-refractivity contribution in [1.29, 1.82) is 0 Å². The molecule has 1 aromatic carbocycles. The molecule has 0 unspecified atom stereocenters. The van der Waals surface area contributed by atoms with Crippen LogP contribution in [-0.2, 0) is 14.3 Å². The molecule has 2 rings (SSSR count). The molecule has 0 N–H and O–H groups in total. The van der Waals surface area contributed by atoms with Gasteiger partial charge in [-0.3, -0.25) is 14.5 Å². The van der Waals surface area contributed by atoms with E-state index in [-0.39, 0.29) is 4.91 Å². The first-order valence-electron chi connectivity index (χ1n) is 7.91. The minimum atomic E-state index is -0.949. The highest BCUT2D eigenvalue weighted by Crippen LogP contribution is 2.34. The number of hydrogen-bond donors (Lipinski definition) is 0. The number of benzene rings is 1. The number of nitrogens with zero attached hydrogens (tertiary/aromatic N) is 1. The van der Waals surface area contributed by atoms with Gasteiger partial charge in [0.1, 0.15) is 11.8 Å². The summed E-state index contributed by atoms with van der Waals surface area (Å²) in [5.74, 6) is 0.0598. The Morgan fingerprint density at radius 3 is 2.40 bits per heavy atom. The highest BCUT2D eigenvalue weighted by Gasteiger charge is 2.41. The maximum absolute atomic E-state index is 12.4. The second kappa shape index (κ2) is 8.20. The van der Waals surface area contributed by atoms with Crippen LogP contribution in [0.5, 0.6) is 5.75 Å². The lowest BCUT2D eigenvalue weighted by molar-refractivity contribution is -0.148. The molecule has 1 heterocycles. The number of ether oxygens (including phenoxy) is 2. The van der Waals surface area contributed by atoms with Crippen LogP contribution in [0, 0.1) is 5.92 Å². The van der Waals surface area contributed by atoms with E-state index in [1.807, 2.05) is 24.3 Å². The van der Waals surface area contributed by atoms with Crippen molar-refractivity contribution in [1.82, 2.24) is 4.90 Å². The average molecular weight is 363 g/mol. The summed E-state index contributed by atoms with van der Waals surface area (Å²) in [5, 5.41) is -0.481. The van der Waals surface area contributed by atoms with Crippen LogP contribution in [0.1, 0.15) is 26.3 Å². The van der Waals surface area contributed by atoms with E-state index >= 15 is 0 Å². The Hall–Kier alpha value is -2.28. The predicted octanol–water partition coefficient (Wildman–Crippen LogP) is 3.32. The van der Waals surface area contributed by atoms with E-state index in [1.54, 1.807) is 6.08 Å². The van der Waals surface area contributed by atoms with Crippen molar-refractivity contribution in [2.75, 3.05) is 13.7 Å². The Labute approximate surface area is 151 Å². The standard InChI is InChI=1S/C18H21NO5S/c1-11(2)10-24-14-7-5-13(6-8-14)9-15-16(20)19(18(22)25-15)12(3)17(21)23-4/h5-9,11-12H,10H2,1-4H3/b15-9+/t12-/m1/s1. The Morgan fingerprint density at radius 1 is 1.20 bits per heavy atom. The number of hydrogen-bond acceptors (Lipinski definition) is 6. The number of amides is 2. The Bertz CT molecular complexity index is 696. The lowest BCUT2D eigenvalue weighted by Gasteiger charge is -2.18. The molecule has 6 nitrogen and oxygen atoms in total. The van der Waals surface area contributed by atoms with E-state index in [2.05, 4.69) is 18.6 Å². The molecule has 0 aliphatic carbocycles. The molecule has 1 aliphatic rings. The van der Waals surface area contributed by atoms with E-state index < -0.39 is 23.2 Å². The first-order valence-corrected chi connectivity index (χ1v) is 8.73. The fourth-order valence-corrected chi connectivity index (χ4v) is 3.07. The normalized spacial score (nSPS) is 17.3. The Balaban J connectivity index is 2.12. The van der Waals surface area contributed by atoms with Gasteiger partial charge in [0.2, 0.25) is 0 Å². The minimum Gasteiger partial charge on any atom is -0.493 e. The fourth-order valence-electron chi connectivity index (χ4n) is 2.16. The van der Waals surface area contributed by atoms with E-state index in [0.29, 0.717) is 12.5 Å². The molecule has 1 fully saturated rings. The molecule has 0 radical (unpaired) electrons. The summed E-state index contributed by atoms with van der Waals surface area (Å²) in [6.45, 7) is 6.23. The minimum absolute atomic E-state index is 0.275. The van der Waals surface area contributed by atoms with Gasteiger partial charge in [0.25, 0.3) is 11.1 Å². The van der Waals surface area contributed by atoms with Crippen LogP contribution in [0.4, 0.5) is 4.79 Å². The van der Waals surface area contributed by atoms with E-state index in [1.165, 1.54) is 14.0 Å². The molecule has 0 spiro atoms. The predicted molar refractivity (Wildman–Crippen MR) is 96.1 cm³/mol. The smallest absolute Gasteiger partial charge is 0.328 e. The molecule has 0 aromatic heterocycles. The third kappa shape index (κ3) is 4.63. The van der Waals surface area contributed by atoms with Crippen LogP contribution in [0.15, 0.2) is 29.2 Å². The number of thioether (sulfide) groups is 1. The number of carbonyl (C=O) groups is 3. The molecule has 1 atom stereocenters. The summed E-state index contributed by atoms with van der Waals surface area (Å²) >= 11 is 0.811. The SMILES string of the molecule is COC(=O)[C@@H](C)N1C(=O)S/C(=C/c2ccc(OCC(C)C)cc2)C1=O. The summed E-state index contributed by atoms with van der Waals surface area (Å²) in [4.78, 5) is 37.2. The Kier molecular flexibility index (Phi) is 6.25. The summed E-state index contributed by atoms with van der Waals surface area (Å²) < 4.78 is 10.2. The van der Waals surface area contributed by atoms with Gasteiger partial charge in [-0.15, -0.1) is 0 Å². The number of imide groups is 1. The van der Waals surface area contributed by atoms with Crippen LogP contribution < -0.4 is 4.74 Å². The van der Waals surface area contributed by atoms with Gasteiger partial charge in [-0.05, 0) is 48.4 Å². The van der Waals surface area contributed by atoms with Gasteiger partial charge in [-0.25, -0.2) is 4.79 Å². The fraction of sp³-hybridized carbons (Fsp3) is 0.389. The third-order valence-electron chi connectivity index (χ3n) is 3.51. The van der Waals surface area contributed by atoms with Crippen LogP contribution in [-0.4, -0.2) is 41.8 Å². The summed E-state index contributed by atoms with van der Waals surface area (Å²) in [7, 11) is 1.22. The highest BCUT2D eigenvalue weighted by atomic mass is 32.2. The molecule has 1 aromatic rings. The zero-order valence-electron chi connectivity index (χ0n) is 14.6. The summed E-state index contributed by atoms with van der Waals surface area (Å²) in [6, 6.07) is 6.31. The van der Waals surface area contributed by atoms with E-state index in [9.17, 15) is 14.4 Å². The van der Waals surface area contributed by atoms with Gasteiger partial charge in [-0.2, -0.15) is 0 Å². The highest BCUT2D eigenvalue weighted by molar-refractivity contribution is 8.18. The van der Waals surface area contributed by atoms with Crippen molar-refractivity contribution in [3.63, 3.8) is 0 Å². The third-order valence-corrected chi connectivity index (χ3v) is 4.40. The number of carbonyl (C=O) groups excluding carboxylic acids is 3. The zero-order valence-corrected chi connectivity index (χ0v) is 15.5. The summed E-state index contributed by atoms with van der Waals surface area (Å²) in [5.41, 5.74) is 0.771. The van der Waals surface area contributed by atoms with Crippen LogP contribution in [0.3, 0.4) is 0 Å². The molecule has 1 saturated heterocycles. The van der Waals surface area contributed by atoms with Crippen molar-refractivity contribution in [2.24, 2.45) is 5.92 Å². The van der Waals surface area contributed by atoms with Gasteiger partial charge in [-0.1, -0.05) is 26.0 Å². The lowest BCUT2D eigenvalue weighted by atomic mass is 10.2. The molecule has 25 heavy (non-hydrogen) atoms. The maximum Gasteiger partial charge on any atom is 0.328 e. The first-order chi connectivity index (χ1) is 11.8. The molecule has 1 aliphatic heterocycles. The zero-order chi connectivity index (χ0) is 18.6. The van der Waals surface area contributed by atoms with Crippen molar-refractivity contribution >= 4 is 35.0 Å². The quantitative estimate of drug-likeness (QED) is 0.570. The number of esters is 1. The molecule has 134 valence electrons.